The van der Waals surface area contributed by atoms with Gasteiger partial charge in [-0.25, -0.2) is 0 Å². The standard InChI is InChI=1S/C11H24N2O2/c1-5-13(7-8-15-6-2)10(14)9-11(3,4)12/h5-9,12H2,1-4H3. The molecule has 0 heterocycles. The molecule has 0 aromatic rings. The van der Waals surface area contributed by atoms with Gasteiger partial charge < -0.3 is 15.4 Å². The Kier molecular flexibility index (Phi) is 6.52. The van der Waals surface area contributed by atoms with Crippen LogP contribution in [0.3, 0.4) is 0 Å². The number of rotatable bonds is 7. The van der Waals surface area contributed by atoms with Gasteiger partial charge in [0.15, 0.2) is 0 Å². The molecule has 0 saturated carbocycles. The van der Waals surface area contributed by atoms with Crippen molar-refractivity contribution in [2.45, 2.75) is 39.7 Å². The molecule has 0 aromatic carbocycles. The molecule has 0 radical (unpaired) electrons. The Morgan fingerprint density at radius 1 is 1.40 bits per heavy atom. The van der Waals surface area contributed by atoms with Gasteiger partial charge in [0.25, 0.3) is 0 Å². The average molecular weight is 216 g/mol. The molecular formula is C11H24N2O2. The van der Waals surface area contributed by atoms with Crippen LogP contribution >= 0.6 is 0 Å². The van der Waals surface area contributed by atoms with Crippen LogP contribution in [0.15, 0.2) is 0 Å². The molecule has 4 nitrogen and oxygen atoms in total. The van der Waals surface area contributed by atoms with Crippen molar-refractivity contribution in [2.75, 3.05) is 26.3 Å². The Bertz CT molecular complexity index is 188. The summed E-state index contributed by atoms with van der Waals surface area (Å²) in [7, 11) is 0. The van der Waals surface area contributed by atoms with Crippen LogP contribution in [0.4, 0.5) is 0 Å². The topological polar surface area (TPSA) is 55.6 Å². The molecule has 4 heteroatoms. The molecule has 90 valence electrons. The van der Waals surface area contributed by atoms with Gasteiger partial charge in [-0.3, -0.25) is 4.79 Å². The summed E-state index contributed by atoms with van der Waals surface area (Å²) in [6.45, 7) is 10.3. The zero-order valence-electron chi connectivity index (χ0n) is 10.4. The van der Waals surface area contributed by atoms with E-state index >= 15 is 0 Å². The maximum absolute atomic E-state index is 11.8. The monoisotopic (exact) mass is 216 g/mol. The molecule has 2 N–H and O–H groups in total. The molecule has 0 spiro atoms. The summed E-state index contributed by atoms with van der Waals surface area (Å²) in [5.74, 6) is 0.102. The van der Waals surface area contributed by atoms with Crippen LogP contribution in [0.5, 0.6) is 0 Å². The molecule has 0 aliphatic rings. The summed E-state index contributed by atoms with van der Waals surface area (Å²) in [5.41, 5.74) is 5.37. The first kappa shape index (κ1) is 14.4. The van der Waals surface area contributed by atoms with E-state index < -0.39 is 5.54 Å². The fourth-order valence-electron chi connectivity index (χ4n) is 1.28. The molecule has 0 unspecified atom stereocenters. The highest BCUT2D eigenvalue weighted by atomic mass is 16.5. The fourth-order valence-corrected chi connectivity index (χ4v) is 1.28. The Balaban J connectivity index is 3.99. The van der Waals surface area contributed by atoms with Crippen molar-refractivity contribution < 1.29 is 9.53 Å². The number of nitrogens with zero attached hydrogens (tertiary/aromatic N) is 1. The molecule has 1 amide bonds. The van der Waals surface area contributed by atoms with Crippen molar-refractivity contribution >= 4 is 5.91 Å². The van der Waals surface area contributed by atoms with Crippen LogP contribution in [-0.2, 0) is 9.53 Å². The SMILES string of the molecule is CCOCCN(CC)C(=O)CC(C)(C)N. The van der Waals surface area contributed by atoms with Gasteiger partial charge in [-0.2, -0.15) is 0 Å². The zero-order valence-corrected chi connectivity index (χ0v) is 10.4. The quantitative estimate of drug-likeness (QED) is 0.646. The van der Waals surface area contributed by atoms with E-state index in [0.29, 0.717) is 32.7 Å². The van der Waals surface area contributed by atoms with Crippen LogP contribution in [-0.4, -0.2) is 42.6 Å². The summed E-state index contributed by atoms with van der Waals surface area (Å²) in [5, 5.41) is 0. The lowest BCUT2D eigenvalue weighted by atomic mass is 10.0. The molecule has 0 aromatic heterocycles. The van der Waals surface area contributed by atoms with E-state index in [1.807, 2.05) is 27.7 Å². The van der Waals surface area contributed by atoms with Gasteiger partial charge in [-0.05, 0) is 27.7 Å². The third-order valence-electron chi connectivity index (χ3n) is 2.05. The smallest absolute Gasteiger partial charge is 0.224 e. The van der Waals surface area contributed by atoms with Gasteiger partial charge in [0.05, 0.1) is 6.61 Å². The number of likely N-dealkylation sites (N-methyl/N-ethyl adjacent to an activating group) is 1. The third kappa shape index (κ3) is 7.33. The lowest BCUT2D eigenvalue weighted by Gasteiger charge is -2.25. The number of ether oxygens (including phenoxy) is 1. The minimum absolute atomic E-state index is 0.102. The first-order chi connectivity index (χ1) is 6.90. The van der Waals surface area contributed by atoms with Gasteiger partial charge >= 0.3 is 0 Å². The van der Waals surface area contributed by atoms with Crippen molar-refractivity contribution in [1.82, 2.24) is 4.90 Å². The molecule has 15 heavy (non-hydrogen) atoms. The number of hydrogen-bond acceptors (Lipinski definition) is 3. The van der Waals surface area contributed by atoms with Crippen LogP contribution in [0, 0.1) is 0 Å². The van der Waals surface area contributed by atoms with Crippen molar-refractivity contribution in [2.24, 2.45) is 5.73 Å². The maximum atomic E-state index is 11.8. The lowest BCUT2D eigenvalue weighted by Crippen LogP contribution is -2.42. The minimum Gasteiger partial charge on any atom is -0.380 e. The van der Waals surface area contributed by atoms with Gasteiger partial charge in [0, 0.05) is 31.7 Å². The highest BCUT2D eigenvalue weighted by molar-refractivity contribution is 5.77. The Labute approximate surface area is 92.8 Å². The van der Waals surface area contributed by atoms with E-state index in [2.05, 4.69) is 0 Å². The maximum Gasteiger partial charge on any atom is 0.224 e. The van der Waals surface area contributed by atoms with Crippen molar-refractivity contribution in [3.8, 4) is 0 Å². The van der Waals surface area contributed by atoms with Gasteiger partial charge in [0.2, 0.25) is 5.91 Å². The van der Waals surface area contributed by atoms with E-state index in [1.165, 1.54) is 0 Å². The van der Waals surface area contributed by atoms with Gasteiger partial charge in [0.1, 0.15) is 0 Å². The van der Waals surface area contributed by atoms with E-state index in [9.17, 15) is 4.79 Å². The summed E-state index contributed by atoms with van der Waals surface area (Å²) in [6, 6.07) is 0. The first-order valence-corrected chi connectivity index (χ1v) is 5.55. The molecule has 0 bridgehead atoms. The van der Waals surface area contributed by atoms with Gasteiger partial charge in [-0.15, -0.1) is 0 Å². The van der Waals surface area contributed by atoms with Crippen LogP contribution in [0.25, 0.3) is 0 Å². The number of hydrogen-bond donors (Lipinski definition) is 1. The largest absolute Gasteiger partial charge is 0.380 e. The predicted octanol–water partition coefficient (Wildman–Crippen LogP) is 0.999. The number of carbonyl (C=O) groups excluding carboxylic acids is 1. The molecule has 0 fully saturated rings. The summed E-state index contributed by atoms with van der Waals surface area (Å²) < 4.78 is 5.22. The summed E-state index contributed by atoms with van der Waals surface area (Å²) >= 11 is 0. The highest BCUT2D eigenvalue weighted by Crippen LogP contribution is 2.06. The minimum atomic E-state index is -0.434. The number of nitrogens with two attached hydrogens (primary N) is 1. The van der Waals surface area contributed by atoms with E-state index in [1.54, 1.807) is 4.90 Å². The van der Waals surface area contributed by atoms with Crippen molar-refractivity contribution in [3.63, 3.8) is 0 Å². The summed E-state index contributed by atoms with van der Waals surface area (Å²) in [4.78, 5) is 13.6. The van der Waals surface area contributed by atoms with Crippen molar-refractivity contribution in [1.29, 1.82) is 0 Å². The molecular weight excluding hydrogens is 192 g/mol. The third-order valence-corrected chi connectivity index (χ3v) is 2.05. The lowest BCUT2D eigenvalue weighted by molar-refractivity contribution is -0.132. The fraction of sp³-hybridized carbons (Fsp3) is 0.909. The van der Waals surface area contributed by atoms with Crippen LogP contribution in [0.1, 0.15) is 34.1 Å². The van der Waals surface area contributed by atoms with Gasteiger partial charge in [-0.1, -0.05) is 0 Å². The zero-order chi connectivity index (χ0) is 11.9. The first-order valence-electron chi connectivity index (χ1n) is 5.55. The molecule has 0 saturated heterocycles. The summed E-state index contributed by atoms with van der Waals surface area (Å²) in [6.07, 6.45) is 0.382. The molecule has 0 rings (SSSR count). The second kappa shape index (κ2) is 6.80. The number of carbonyl (C=O) groups is 1. The average Bonchev–Trinajstić information content (AvgIpc) is 2.09. The van der Waals surface area contributed by atoms with E-state index in [-0.39, 0.29) is 5.91 Å². The molecule has 0 aliphatic heterocycles. The van der Waals surface area contributed by atoms with Crippen molar-refractivity contribution in [3.05, 3.63) is 0 Å². The second-order valence-electron chi connectivity index (χ2n) is 4.34. The highest BCUT2D eigenvalue weighted by Gasteiger charge is 2.20. The van der Waals surface area contributed by atoms with Crippen LogP contribution in [0.2, 0.25) is 0 Å². The molecule has 0 aliphatic carbocycles. The second-order valence-corrected chi connectivity index (χ2v) is 4.34. The van der Waals surface area contributed by atoms with E-state index in [4.69, 9.17) is 10.5 Å². The van der Waals surface area contributed by atoms with Crippen LogP contribution < -0.4 is 5.73 Å². The molecule has 0 atom stereocenters. The predicted molar refractivity (Wildman–Crippen MR) is 61.6 cm³/mol. The number of amides is 1. The Hall–Kier alpha value is -0.610. The Morgan fingerprint density at radius 2 is 2.00 bits per heavy atom. The Morgan fingerprint density at radius 3 is 2.40 bits per heavy atom. The normalized spacial score (nSPS) is 11.5. The van der Waals surface area contributed by atoms with E-state index in [0.717, 1.165) is 0 Å².